The number of amidine groups is 1. The van der Waals surface area contributed by atoms with Crippen LogP contribution in [-0.4, -0.2) is 23.9 Å². The summed E-state index contributed by atoms with van der Waals surface area (Å²) in [5.74, 6) is 0.592. The van der Waals surface area contributed by atoms with Crippen LogP contribution in [0.1, 0.15) is 12.8 Å². The number of benzene rings is 1. The fraction of sp³-hybridized carbons (Fsp3) is 0.385. The number of hydrogen-bond donors (Lipinski definition) is 2. The summed E-state index contributed by atoms with van der Waals surface area (Å²) in [6, 6.07) is 8.23. The van der Waals surface area contributed by atoms with Gasteiger partial charge in [0.25, 0.3) is 0 Å². The summed E-state index contributed by atoms with van der Waals surface area (Å²) in [6.45, 7) is 1.90. The zero-order chi connectivity index (χ0) is 12.5. The number of fused-ring (bicyclic) bond motifs is 1. The van der Waals surface area contributed by atoms with Crippen LogP contribution in [0.4, 0.5) is 5.13 Å². The van der Waals surface area contributed by atoms with E-state index in [0.717, 1.165) is 36.6 Å². The zero-order valence-electron chi connectivity index (χ0n) is 10.1. The van der Waals surface area contributed by atoms with Crippen LogP contribution in [0.25, 0.3) is 10.2 Å². The van der Waals surface area contributed by atoms with Crippen molar-refractivity contribution in [2.24, 2.45) is 11.7 Å². The number of nitrogens with zero attached hydrogens (tertiary/aromatic N) is 2. The highest BCUT2D eigenvalue weighted by atomic mass is 32.1. The summed E-state index contributed by atoms with van der Waals surface area (Å²) in [4.78, 5) is 6.98. The lowest BCUT2D eigenvalue weighted by atomic mass is 9.96. The molecule has 1 aliphatic heterocycles. The number of rotatable bonds is 2. The lowest BCUT2D eigenvalue weighted by Gasteiger charge is -2.30. The van der Waals surface area contributed by atoms with Gasteiger partial charge in [-0.05, 0) is 25.0 Å². The zero-order valence-corrected chi connectivity index (χ0v) is 10.9. The number of anilines is 1. The SMILES string of the molecule is N=C(N)C1CCN(c2nc3ccccc3s2)CC1. The quantitative estimate of drug-likeness (QED) is 0.644. The Bertz CT molecular complexity index is 536. The van der Waals surface area contributed by atoms with Gasteiger partial charge in [-0.3, -0.25) is 5.41 Å². The number of nitrogens with one attached hydrogen (secondary N) is 1. The summed E-state index contributed by atoms with van der Waals surface area (Å²) in [5, 5.41) is 8.59. The maximum absolute atomic E-state index is 7.49. The molecule has 0 aliphatic carbocycles. The third kappa shape index (κ3) is 2.06. The van der Waals surface area contributed by atoms with Gasteiger partial charge in [0.1, 0.15) is 0 Å². The predicted molar refractivity (Wildman–Crippen MR) is 76.5 cm³/mol. The van der Waals surface area contributed by atoms with Gasteiger partial charge in [-0.1, -0.05) is 23.5 Å². The van der Waals surface area contributed by atoms with Crippen molar-refractivity contribution < 1.29 is 0 Å². The van der Waals surface area contributed by atoms with Crippen molar-refractivity contribution in [3.05, 3.63) is 24.3 Å². The lowest BCUT2D eigenvalue weighted by molar-refractivity contribution is 0.497. The molecule has 0 spiro atoms. The van der Waals surface area contributed by atoms with E-state index in [4.69, 9.17) is 11.1 Å². The van der Waals surface area contributed by atoms with Gasteiger partial charge in [-0.15, -0.1) is 0 Å². The summed E-state index contributed by atoms with van der Waals surface area (Å²) in [6.07, 6.45) is 1.93. The summed E-state index contributed by atoms with van der Waals surface area (Å²) in [7, 11) is 0. The molecule has 1 aliphatic rings. The number of piperidine rings is 1. The third-order valence-corrected chi connectivity index (χ3v) is 4.59. The van der Waals surface area contributed by atoms with Gasteiger partial charge in [0.15, 0.2) is 5.13 Å². The molecule has 0 amide bonds. The molecule has 3 N–H and O–H groups in total. The first kappa shape index (κ1) is 11.5. The second-order valence-electron chi connectivity index (χ2n) is 4.68. The van der Waals surface area contributed by atoms with E-state index in [1.54, 1.807) is 11.3 Å². The number of aromatic nitrogens is 1. The predicted octanol–water partition coefficient (Wildman–Crippen LogP) is 2.45. The second kappa shape index (κ2) is 4.57. The van der Waals surface area contributed by atoms with Gasteiger partial charge in [-0.25, -0.2) is 4.98 Å². The summed E-state index contributed by atoms with van der Waals surface area (Å²) >= 11 is 1.74. The Morgan fingerprint density at radius 1 is 1.33 bits per heavy atom. The second-order valence-corrected chi connectivity index (χ2v) is 5.69. The minimum atomic E-state index is 0.260. The molecule has 1 aromatic carbocycles. The monoisotopic (exact) mass is 260 g/mol. The van der Waals surface area contributed by atoms with Gasteiger partial charge in [-0.2, -0.15) is 0 Å². The van der Waals surface area contributed by atoms with Gasteiger partial charge in [0, 0.05) is 19.0 Å². The first-order chi connectivity index (χ1) is 8.74. The van der Waals surface area contributed by atoms with Crippen molar-refractivity contribution in [2.75, 3.05) is 18.0 Å². The molecule has 0 radical (unpaired) electrons. The van der Waals surface area contributed by atoms with Crippen LogP contribution in [0, 0.1) is 11.3 Å². The Kier molecular flexibility index (Phi) is 2.91. The van der Waals surface area contributed by atoms with Crippen LogP contribution in [0.15, 0.2) is 24.3 Å². The highest BCUT2D eigenvalue weighted by Gasteiger charge is 2.23. The first-order valence-corrected chi connectivity index (χ1v) is 7.00. The normalized spacial score (nSPS) is 17.2. The molecule has 5 heteroatoms. The first-order valence-electron chi connectivity index (χ1n) is 6.18. The fourth-order valence-corrected chi connectivity index (χ4v) is 3.39. The van der Waals surface area contributed by atoms with Crippen LogP contribution in [-0.2, 0) is 0 Å². The Hall–Kier alpha value is -1.62. The van der Waals surface area contributed by atoms with Gasteiger partial charge >= 0.3 is 0 Å². The lowest BCUT2D eigenvalue weighted by Crippen LogP contribution is -2.38. The van der Waals surface area contributed by atoms with Crippen molar-refractivity contribution in [1.29, 1.82) is 5.41 Å². The number of para-hydroxylation sites is 1. The number of hydrogen-bond acceptors (Lipinski definition) is 4. The minimum absolute atomic E-state index is 0.260. The van der Waals surface area contributed by atoms with Crippen molar-refractivity contribution in [3.8, 4) is 0 Å². The molecule has 3 rings (SSSR count). The van der Waals surface area contributed by atoms with Crippen LogP contribution < -0.4 is 10.6 Å². The van der Waals surface area contributed by atoms with E-state index >= 15 is 0 Å². The molecule has 0 unspecified atom stereocenters. The fourth-order valence-electron chi connectivity index (χ4n) is 2.38. The van der Waals surface area contributed by atoms with E-state index in [1.165, 1.54) is 4.70 Å². The molecule has 2 heterocycles. The molecular weight excluding hydrogens is 244 g/mol. The Labute approximate surface area is 110 Å². The highest BCUT2D eigenvalue weighted by Crippen LogP contribution is 2.31. The Morgan fingerprint density at radius 2 is 2.06 bits per heavy atom. The topological polar surface area (TPSA) is 66.0 Å². The molecule has 94 valence electrons. The van der Waals surface area contributed by atoms with E-state index in [9.17, 15) is 0 Å². The van der Waals surface area contributed by atoms with Crippen molar-refractivity contribution in [2.45, 2.75) is 12.8 Å². The smallest absolute Gasteiger partial charge is 0.186 e. The molecule has 0 saturated carbocycles. The van der Waals surface area contributed by atoms with E-state index in [1.807, 2.05) is 12.1 Å². The van der Waals surface area contributed by atoms with E-state index in [2.05, 4.69) is 22.0 Å². The van der Waals surface area contributed by atoms with Crippen LogP contribution in [0.2, 0.25) is 0 Å². The molecule has 1 saturated heterocycles. The minimum Gasteiger partial charge on any atom is -0.387 e. The Morgan fingerprint density at radius 3 is 2.72 bits per heavy atom. The molecule has 4 nitrogen and oxygen atoms in total. The molecule has 0 atom stereocenters. The average Bonchev–Trinajstić information content (AvgIpc) is 2.82. The van der Waals surface area contributed by atoms with Gasteiger partial charge < -0.3 is 10.6 Å². The van der Waals surface area contributed by atoms with E-state index in [-0.39, 0.29) is 5.92 Å². The molecule has 0 bridgehead atoms. The summed E-state index contributed by atoms with van der Waals surface area (Å²) in [5.41, 5.74) is 6.64. The third-order valence-electron chi connectivity index (χ3n) is 3.49. The van der Waals surface area contributed by atoms with Crippen molar-refractivity contribution >= 4 is 32.5 Å². The Balaban J connectivity index is 1.78. The molecule has 1 aromatic heterocycles. The van der Waals surface area contributed by atoms with Crippen LogP contribution in [0.3, 0.4) is 0 Å². The number of nitrogens with two attached hydrogens (primary N) is 1. The van der Waals surface area contributed by atoms with Crippen LogP contribution in [0.5, 0.6) is 0 Å². The number of thiazole rings is 1. The van der Waals surface area contributed by atoms with E-state index < -0.39 is 0 Å². The molecule has 1 fully saturated rings. The highest BCUT2D eigenvalue weighted by molar-refractivity contribution is 7.22. The van der Waals surface area contributed by atoms with Crippen LogP contribution >= 0.6 is 11.3 Å². The maximum Gasteiger partial charge on any atom is 0.186 e. The average molecular weight is 260 g/mol. The van der Waals surface area contributed by atoms with Gasteiger partial charge in [0.05, 0.1) is 16.1 Å². The largest absolute Gasteiger partial charge is 0.387 e. The molecular formula is C13H16N4S. The van der Waals surface area contributed by atoms with Crippen molar-refractivity contribution in [1.82, 2.24) is 4.98 Å². The van der Waals surface area contributed by atoms with E-state index in [0.29, 0.717) is 5.84 Å². The maximum atomic E-state index is 7.49. The van der Waals surface area contributed by atoms with Gasteiger partial charge in [0.2, 0.25) is 0 Å². The summed E-state index contributed by atoms with van der Waals surface area (Å²) < 4.78 is 1.24. The standard InChI is InChI=1S/C13H16N4S/c14-12(15)9-5-7-17(8-6-9)13-16-10-3-1-2-4-11(10)18-13/h1-4,9H,5-8H2,(H3,14,15). The van der Waals surface area contributed by atoms with Crippen molar-refractivity contribution in [3.63, 3.8) is 0 Å². The molecule has 2 aromatic rings. The molecule has 18 heavy (non-hydrogen) atoms.